The lowest BCUT2D eigenvalue weighted by Gasteiger charge is -2.24. The molecular formula is C22H27NO6. The summed E-state index contributed by atoms with van der Waals surface area (Å²) in [6, 6.07) is 5.57. The van der Waals surface area contributed by atoms with E-state index in [0.29, 0.717) is 54.4 Å². The average Bonchev–Trinajstić information content (AvgIpc) is 3.07. The summed E-state index contributed by atoms with van der Waals surface area (Å²) in [6.07, 6.45) is 0.936. The van der Waals surface area contributed by atoms with Crippen molar-refractivity contribution in [3.05, 3.63) is 46.3 Å². The Morgan fingerprint density at radius 2 is 1.97 bits per heavy atom. The number of fused-ring (bicyclic) bond motifs is 1. The molecule has 0 aliphatic heterocycles. The molecule has 156 valence electrons. The van der Waals surface area contributed by atoms with Crippen molar-refractivity contribution in [3.63, 3.8) is 0 Å². The Morgan fingerprint density at radius 1 is 1.17 bits per heavy atom. The summed E-state index contributed by atoms with van der Waals surface area (Å²) in [7, 11) is 3.21. The molecule has 1 aliphatic rings. The maximum absolute atomic E-state index is 12.9. The normalized spacial score (nSPS) is 15.7. The summed E-state index contributed by atoms with van der Waals surface area (Å²) in [5, 5.41) is 0. The van der Waals surface area contributed by atoms with E-state index in [1.54, 1.807) is 21.1 Å². The molecule has 7 nitrogen and oxygen atoms in total. The SMILES string of the molecule is CCOCCOC(=O)c1[nH]c2c(c1C)C(=O)C[C@@H](c1cc(OC)ccc1OC)C2. The van der Waals surface area contributed by atoms with Crippen molar-refractivity contribution in [2.24, 2.45) is 0 Å². The third-order valence-electron chi connectivity index (χ3n) is 5.23. The van der Waals surface area contributed by atoms with Gasteiger partial charge in [0.15, 0.2) is 5.78 Å². The number of aromatic amines is 1. The Hall–Kier alpha value is -2.80. The van der Waals surface area contributed by atoms with Crippen LogP contribution >= 0.6 is 0 Å². The van der Waals surface area contributed by atoms with E-state index >= 15 is 0 Å². The number of hydrogen-bond acceptors (Lipinski definition) is 6. The lowest BCUT2D eigenvalue weighted by molar-refractivity contribution is 0.0329. The van der Waals surface area contributed by atoms with Crippen LogP contribution in [0.3, 0.4) is 0 Å². The topological polar surface area (TPSA) is 86.9 Å². The van der Waals surface area contributed by atoms with Crippen molar-refractivity contribution in [1.29, 1.82) is 0 Å². The van der Waals surface area contributed by atoms with Gasteiger partial charge in [0.05, 0.1) is 20.8 Å². The third-order valence-corrected chi connectivity index (χ3v) is 5.23. The monoisotopic (exact) mass is 401 g/mol. The summed E-state index contributed by atoms with van der Waals surface area (Å²) in [5.41, 5.74) is 3.24. The minimum absolute atomic E-state index is 0.00300. The molecule has 0 amide bonds. The molecule has 29 heavy (non-hydrogen) atoms. The molecule has 0 spiro atoms. The van der Waals surface area contributed by atoms with E-state index in [1.807, 2.05) is 25.1 Å². The molecule has 1 aromatic carbocycles. The van der Waals surface area contributed by atoms with Gasteiger partial charge in [-0.15, -0.1) is 0 Å². The molecule has 1 atom stereocenters. The first kappa shape index (κ1) is 20.9. The fourth-order valence-electron chi connectivity index (χ4n) is 3.83. The van der Waals surface area contributed by atoms with E-state index < -0.39 is 5.97 Å². The van der Waals surface area contributed by atoms with Gasteiger partial charge in [-0.3, -0.25) is 4.79 Å². The number of ketones is 1. The predicted molar refractivity (Wildman–Crippen MR) is 107 cm³/mol. The van der Waals surface area contributed by atoms with E-state index in [1.165, 1.54) is 0 Å². The first-order chi connectivity index (χ1) is 14.0. The lowest BCUT2D eigenvalue weighted by Crippen LogP contribution is -2.19. The zero-order valence-electron chi connectivity index (χ0n) is 17.3. The smallest absolute Gasteiger partial charge is 0.355 e. The van der Waals surface area contributed by atoms with Gasteiger partial charge in [0.2, 0.25) is 0 Å². The Bertz CT molecular complexity index is 901. The number of benzene rings is 1. The molecule has 3 rings (SSSR count). The van der Waals surface area contributed by atoms with E-state index in [9.17, 15) is 9.59 Å². The summed E-state index contributed by atoms with van der Waals surface area (Å²) in [4.78, 5) is 28.5. The largest absolute Gasteiger partial charge is 0.497 e. The van der Waals surface area contributed by atoms with Crippen LogP contribution in [0, 0.1) is 6.92 Å². The van der Waals surface area contributed by atoms with E-state index in [2.05, 4.69) is 4.98 Å². The minimum atomic E-state index is -0.472. The second-order valence-corrected chi connectivity index (χ2v) is 6.95. The van der Waals surface area contributed by atoms with E-state index in [4.69, 9.17) is 18.9 Å². The highest BCUT2D eigenvalue weighted by Gasteiger charge is 2.33. The second-order valence-electron chi connectivity index (χ2n) is 6.95. The third kappa shape index (κ3) is 4.29. The van der Waals surface area contributed by atoms with Crippen molar-refractivity contribution in [2.45, 2.75) is 32.6 Å². The van der Waals surface area contributed by atoms with Crippen molar-refractivity contribution in [2.75, 3.05) is 34.0 Å². The Labute approximate surface area is 170 Å². The molecule has 0 unspecified atom stereocenters. The molecule has 2 aromatic rings. The van der Waals surface area contributed by atoms with Gasteiger partial charge in [-0.25, -0.2) is 4.79 Å². The van der Waals surface area contributed by atoms with Crippen LogP contribution in [0.15, 0.2) is 18.2 Å². The number of carbonyl (C=O) groups is 2. The fraction of sp³-hybridized carbons (Fsp3) is 0.455. The quantitative estimate of drug-likeness (QED) is 0.539. The van der Waals surface area contributed by atoms with E-state index in [0.717, 1.165) is 11.3 Å². The molecule has 1 aromatic heterocycles. The van der Waals surface area contributed by atoms with Gasteiger partial charge >= 0.3 is 5.97 Å². The molecule has 1 N–H and O–H groups in total. The van der Waals surface area contributed by atoms with Gasteiger partial charge in [-0.1, -0.05) is 0 Å². The van der Waals surface area contributed by atoms with Gasteiger partial charge in [0.25, 0.3) is 0 Å². The molecule has 0 saturated heterocycles. The number of methoxy groups -OCH3 is 2. The van der Waals surface area contributed by atoms with E-state index in [-0.39, 0.29) is 18.3 Å². The Balaban J connectivity index is 1.85. The van der Waals surface area contributed by atoms with Gasteiger partial charge in [0.1, 0.15) is 23.8 Å². The highest BCUT2D eigenvalue weighted by Crippen LogP contribution is 2.40. The number of Topliss-reactive ketones (excluding diaryl/α,β-unsaturated/α-hetero) is 1. The number of carbonyl (C=O) groups excluding carboxylic acids is 2. The molecule has 0 radical (unpaired) electrons. The van der Waals surface area contributed by atoms with Crippen LogP contribution in [0.25, 0.3) is 0 Å². The number of H-pyrrole nitrogens is 1. The first-order valence-corrected chi connectivity index (χ1v) is 9.71. The van der Waals surface area contributed by atoms with Gasteiger partial charge in [-0.05, 0) is 44.0 Å². The number of esters is 1. The van der Waals surface area contributed by atoms with Crippen molar-refractivity contribution >= 4 is 11.8 Å². The van der Waals surface area contributed by atoms with Crippen molar-refractivity contribution in [3.8, 4) is 11.5 Å². The van der Waals surface area contributed by atoms with Crippen molar-refractivity contribution in [1.82, 2.24) is 4.98 Å². The van der Waals surface area contributed by atoms with Crippen molar-refractivity contribution < 1.29 is 28.5 Å². The van der Waals surface area contributed by atoms with Crippen LogP contribution in [0.5, 0.6) is 11.5 Å². The summed E-state index contributed by atoms with van der Waals surface area (Å²) >= 11 is 0. The molecular weight excluding hydrogens is 374 g/mol. The number of rotatable bonds is 8. The average molecular weight is 401 g/mol. The fourth-order valence-corrected chi connectivity index (χ4v) is 3.83. The maximum Gasteiger partial charge on any atom is 0.355 e. The molecule has 1 aliphatic carbocycles. The second kappa shape index (κ2) is 9.13. The zero-order valence-corrected chi connectivity index (χ0v) is 17.3. The molecule has 0 fully saturated rings. The molecule has 0 bridgehead atoms. The highest BCUT2D eigenvalue weighted by molar-refractivity contribution is 6.03. The molecule has 0 saturated carbocycles. The maximum atomic E-state index is 12.9. The van der Waals surface area contributed by atoms with Crippen LogP contribution in [0.1, 0.15) is 56.9 Å². The standard InChI is InChI=1S/C22H27NO6/c1-5-28-8-9-29-22(25)21-13(2)20-17(23-21)10-14(11-18(20)24)16-12-15(26-3)6-7-19(16)27-4/h6-7,12,14,23H,5,8-11H2,1-4H3/t14-/m0/s1. The number of nitrogens with one attached hydrogen (secondary N) is 1. The summed E-state index contributed by atoms with van der Waals surface area (Å²) in [6.45, 7) is 4.74. The first-order valence-electron chi connectivity index (χ1n) is 9.71. The number of aromatic nitrogens is 1. The van der Waals surface area contributed by atoms with Gasteiger partial charge in [-0.2, -0.15) is 0 Å². The zero-order chi connectivity index (χ0) is 21.0. The van der Waals surface area contributed by atoms with Crippen LogP contribution in [0.2, 0.25) is 0 Å². The predicted octanol–water partition coefficient (Wildman–Crippen LogP) is 3.45. The highest BCUT2D eigenvalue weighted by atomic mass is 16.6. The molecule has 7 heteroatoms. The van der Waals surface area contributed by atoms with Gasteiger partial charge in [0, 0.05) is 35.8 Å². The lowest BCUT2D eigenvalue weighted by atomic mass is 9.81. The minimum Gasteiger partial charge on any atom is -0.497 e. The summed E-state index contributed by atoms with van der Waals surface area (Å²) < 4.78 is 21.3. The number of ether oxygens (including phenoxy) is 4. The van der Waals surface area contributed by atoms with Crippen LogP contribution in [-0.2, 0) is 15.9 Å². The van der Waals surface area contributed by atoms with Crippen LogP contribution < -0.4 is 9.47 Å². The van der Waals surface area contributed by atoms with Gasteiger partial charge < -0.3 is 23.9 Å². The summed E-state index contributed by atoms with van der Waals surface area (Å²) in [5.74, 6) is 0.884. The number of hydrogen-bond donors (Lipinski definition) is 1. The Kier molecular flexibility index (Phi) is 6.59. The van der Waals surface area contributed by atoms with Crippen LogP contribution in [-0.4, -0.2) is 50.8 Å². The van der Waals surface area contributed by atoms with Crippen LogP contribution in [0.4, 0.5) is 0 Å². The molecule has 1 heterocycles. The Morgan fingerprint density at radius 3 is 2.66 bits per heavy atom.